The normalized spacial score (nSPS) is 17.8. The highest BCUT2D eigenvalue weighted by Gasteiger charge is 2.35. The smallest absolute Gasteiger partial charge is 0.341 e. The number of thiophene rings is 1. The maximum atomic E-state index is 12.9. The van der Waals surface area contributed by atoms with Crippen LogP contribution in [0.5, 0.6) is 5.75 Å². The number of ether oxygens (including phenoxy) is 2. The van der Waals surface area contributed by atoms with Gasteiger partial charge in [-0.15, -0.1) is 11.3 Å². The van der Waals surface area contributed by atoms with Crippen LogP contribution < -0.4 is 10.1 Å². The summed E-state index contributed by atoms with van der Waals surface area (Å²) >= 11 is 1.27. The van der Waals surface area contributed by atoms with Crippen molar-refractivity contribution in [3.8, 4) is 16.9 Å². The second-order valence-electron chi connectivity index (χ2n) is 7.17. The third-order valence-corrected chi connectivity index (χ3v) is 6.27. The Hall–Kier alpha value is -3.13. The molecule has 0 bridgehead atoms. The second kappa shape index (κ2) is 9.78. The van der Waals surface area contributed by atoms with Crippen molar-refractivity contribution >= 4 is 34.2 Å². The summed E-state index contributed by atoms with van der Waals surface area (Å²) in [5.41, 5.74) is 1.73. The fraction of sp³-hybridized carbons (Fsp3) is 0.348. The van der Waals surface area contributed by atoms with Crippen LogP contribution in [0.4, 0.5) is 5.00 Å². The van der Waals surface area contributed by atoms with E-state index in [0.29, 0.717) is 30.0 Å². The molecule has 2 atom stereocenters. The molecule has 164 valence electrons. The van der Waals surface area contributed by atoms with Gasteiger partial charge in [-0.2, -0.15) is 0 Å². The summed E-state index contributed by atoms with van der Waals surface area (Å²) < 4.78 is 10.5. The summed E-state index contributed by atoms with van der Waals surface area (Å²) in [6.07, 6.45) is 4.24. The number of aryl methyl sites for hydroxylation is 1. The van der Waals surface area contributed by atoms with Crippen molar-refractivity contribution in [3.63, 3.8) is 0 Å². The number of carboxylic acid groups (broad SMARTS) is 1. The Bertz CT molecular complexity index is 1010. The van der Waals surface area contributed by atoms with Crippen molar-refractivity contribution in [2.45, 2.75) is 26.7 Å². The van der Waals surface area contributed by atoms with Gasteiger partial charge in [0.2, 0.25) is 5.91 Å². The van der Waals surface area contributed by atoms with E-state index in [2.05, 4.69) is 5.32 Å². The first-order valence-corrected chi connectivity index (χ1v) is 10.8. The number of carbonyl (C=O) groups excluding carboxylic acids is 2. The lowest BCUT2D eigenvalue weighted by Crippen LogP contribution is -2.34. The number of anilines is 1. The molecule has 2 unspecified atom stereocenters. The van der Waals surface area contributed by atoms with Crippen LogP contribution in [0.1, 0.15) is 35.0 Å². The molecular weight excluding hydrogens is 418 g/mol. The zero-order valence-electron chi connectivity index (χ0n) is 17.6. The molecule has 2 aromatic rings. The van der Waals surface area contributed by atoms with Crippen molar-refractivity contribution in [2.75, 3.05) is 19.0 Å². The molecule has 1 heterocycles. The Morgan fingerprint density at radius 1 is 1.13 bits per heavy atom. The maximum absolute atomic E-state index is 12.9. The summed E-state index contributed by atoms with van der Waals surface area (Å²) in [7, 11) is 1.29. The van der Waals surface area contributed by atoms with Gasteiger partial charge in [-0.05, 0) is 44.4 Å². The fourth-order valence-corrected chi connectivity index (χ4v) is 4.81. The van der Waals surface area contributed by atoms with Crippen LogP contribution >= 0.6 is 11.3 Å². The average molecular weight is 444 g/mol. The number of allylic oxidation sites excluding steroid dienone is 2. The Balaban J connectivity index is 1.96. The lowest BCUT2D eigenvalue weighted by atomic mass is 9.82. The molecule has 1 aromatic carbocycles. The number of carbonyl (C=O) groups is 3. The first kappa shape index (κ1) is 22.6. The minimum absolute atomic E-state index is 0.265. The van der Waals surface area contributed by atoms with Gasteiger partial charge in [0, 0.05) is 10.4 Å². The molecule has 1 aromatic heterocycles. The van der Waals surface area contributed by atoms with Crippen LogP contribution in [0.3, 0.4) is 0 Å². The third kappa shape index (κ3) is 4.80. The average Bonchev–Trinajstić information content (AvgIpc) is 3.09. The fourth-order valence-electron chi connectivity index (χ4n) is 3.74. The molecule has 0 aliphatic heterocycles. The van der Waals surface area contributed by atoms with Gasteiger partial charge < -0.3 is 19.9 Å². The van der Waals surface area contributed by atoms with Gasteiger partial charge in [-0.3, -0.25) is 9.59 Å². The Labute approximate surface area is 184 Å². The van der Waals surface area contributed by atoms with Crippen molar-refractivity contribution in [3.05, 3.63) is 46.9 Å². The lowest BCUT2D eigenvalue weighted by molar-refractivity contribution is -0.146. The van der Waals surface area contributed by atoms with E-state index in [4.69, 9.17) is 9.47 Å². The molecule has 31 heavy (non-hydrogen) atoms. The minimum atomic E-state index is -1.00. The van der Waals surface area contributed by atoms with E-state index in [1.54, 1.807) is 6.08 Å². The summed E-state index contributed by atoms with van der Waals surface area (Å²) in [5.74, 6) is -2.77. The number of rotatable bonds is 7. The number of aliphatic carboxylic acids is 1. The number of carboxylic acids is 1. The monoisotopic (exact) mass is 443 g/mol. The largest absolute Gasteiger partial charge is 0.494 e. The molecule has 0 fully saturated rings. The number of amides is 1. The van der Waals surface area contributed by atoms with E-state index >= 15 is 0 Å². The maximum Gasteiger partial charge on any atom is 0.341 e. The standard InChI is InChI=1S/C23H25NO6S/c1-4-30-15-11-9-14(10-12-15)18-13(2)31-21(19(18)23(28)29-3)24-20(25)16-7-5-6-8-17(16)22(26)27/h5-6,9-12,16-17H,4,7-8H2,1-3H3,(H,24,25)(H,26,27). The summed E-state index contributed by atoms with van der Waals surface area (Å²) in [6, 6.07) is 7.34. The van der Waals surface area contributed by atoms with Gasteiger partial charge in [0.25, 0.3) is 0 Å². The summed E-state index contributed by atoms with van der Waals surface area (Å²) in [5, 5.41) is 12.6. The molecule has 2 N–H and O–H groups in total. The van der Waals surface area contributed by atoms with Crippen molar-refractivity contribution < 1.29 is 29.0 Å². The van der Waals surface area contributed by atoms with E-state index < -0.39 is 29.7 Å². The molecule has 1 aliphatic carbocycles. The first-order chi connectivity index (χ1) is 14.9. The van der Waals surface area contributed by atoms with E-state index in [9.17, 15) is 19.5 Å². The van der Waals surface area contributed by atoms with Crippen molar-refractivity contribution in [1.29, 1.82) is 0 Å². The van der Waals surface area contributed by atoms with Gasteiger partial charge in [0.15, 0.2) is 0 Å². The number of hydrogen-bond donors (Lipinski definition) is 2. The number of methoxy groups -OCH3 is 1. The number of benzene rings is 1. The Kier molecular flexibility index (Phi) is 7.12. The van der Waals surface area contributed by atoms with Gasteiger partial charge in [0.1, 0.15) is 16.3 Å². The van der Waals surface area contributed by atoms with Crippen LogP contribution in [0, 0.1) is 18.8 Å². The van der Waals surface area contributed by atoms with Crippen molar-refractivity contribution in [2.24, 2.45) is 11.8 Å². The highest BCUT2D eigenvalue weighted by molar-refractivity contribution is 7.17. The van der Waals surface area contributed by atoms with Gasteiger partial charge in [-0.1, -0.05) is 24.3 Å². The topological polar surface area (TPSA) is 102 Å². The van der Waals surface area contributed by atoms with E-state index in [1.807, 2.05) is 44.2 Å². The summed E-state index contributed by atoms with van der Waals surface area (Å²) in [6.45, 7) is 4.31. The second-order valence-corrected chi connectivity index (χ2v) is 8.39. The molecule has 7 nitrogen and oxygen atoms in total. The summed E-state index contributed by atoms with van der Waals surface area (Å²) in [4.78, 5) is 38.0. The van der Waals surface area contributed by atoms with Crippen LogP contribution in [-0.4, -0.2) is 36.7 Å². The Morgan fingerprint density at radius 3 is 2.35 bits per heavy atom. The first-order valence-electron chi connectivity index (χ1n) is 10.0. The highest BCUT2D eigenvalue weighted by atomic mass is 32.1. The van der Waals surface area contributed by atoms with Crippen LogP contribution in [-0.2, 0) is 14.3 Å². The molecule has 0 radical (unpaired) electrons. The van der Waals surface area contributed by atoms with E-state index in [-0.39, 0.29) is 5.56 Å². The lowest BCUT2D eigenvalue weighted by Gasteiger charge is -2.24. The van der Waals surface area contributed by atoms with Gasteiger partial charge >= 0.3 is 11.9 Å². The molecule has 3 rings (SSSR count). The van der Waals surface area contributed by atoms with Crippen molar-refractivity contribution in [1.82, 2.24) is 0 Å². The number of nitrogens with one attached hydrogen (secondary N) is 1. The van der Waals surface area contributed by atoms with E-state index in [1.165, 1.54) is 18.4 Å². The molecule has 0 saturated carbocycles. The zero-order valence-corrected chi connectivity index (χ0v) is 18.5. The Morgan fingerprint density at radius 2 is 1.77 bits per heavy atom. The molecule has 0 spiro atoms. The minimum Gasteiger partial charge on any atom is -0.494 e. The highest BCUT2D eigenvalue weighted by Crippen LogP contribution is 2.41. The van der Waals surface area contributed by atoms with Crippen LogP contribution in [0.25, 0.3) is 11.1 Å². The SMILES string of the molecule is CCOc1ccc(-c2c(C)sc(NC(=O)C3CC=CCC3C(=O)O)c2C(=O)OC)cc1. The number of esters is 1. The zero-order chi connectivity index (χ0) is 22.5. The predicted molar refractivity (Wildman–Crippen MR) is 119 cm³/mol. The quantitative estimate of drug-likeness (QED) is 0.482. The molecule has 1 amide bonds. The molecule has 0 saturated heterocycles. The molecule has 1 aliphatic rings. The molecular formula is C23H25NO6S. The van der Waals surface area contributed by atoms with Crippen LogP contribution in [0.15, 0.2) is 36.4 Å². The predicted octanol–water partition coefficient (Wildman–Crippen LogP) is 4.51. The van der Waals surface area contributed by atoms with E-state index in [0.717, 1.165) is 16.2 Å². The molecule has 8 heteroatoms. The van der Waals surface area contributed by atoms with Crippen LogP contribution in [0.2, 0.25) is 0 Å². The third-order valence-electron chi connectivity index (χ3n) is 5.25. The van der Waals surface area contributed by atoms with Gasteiger partial charge in [-0.25, -0.2) is 4.79 Å². The van der Waals surface area contributed by atoms with Gasteiger partial charge in [0.05, 0.1) is 25.6 Å². The number of hydrogen-bond acceptors (Lipinski definition) is 6.